The van der Waals surface area contributed by atoms with Crippen molar-refractivity contribution in [1.82, 2.24) is 4.98 Å². The molecule has 1 aromatic rings. The summed E-state index contributed by atoms with van der Waals surface area (Å²) in [4.78, 5) is 5.17. The monoisotopic (exact) mass is 172 g/mol. The van der Waals surface area contributed by atoms with Crippen LogP contribution in [0.3, 0.4) is 0 Å². The van der Waals surface area contributed by atoms with Crippen LogP contribution in [-0.4, -0.2) is 22.7 Å². The molecule has 0 amide bonds. The molecule has 3 nitrogen and oxygen atoms in total. The van der Waals surface area contributed by atoms with Crippen LogP contribution in [0.5, 0.6) is 0 Å². The maximum Gasteiger partial charge on any atom is 0.0896 e. The Labute approximate surface area is 69.9 Å². The summed E-state index contributed by atoms with van der Waals surface area (Å²) in [5.74, 6) is 0. The predicted molar refractivity (Wildman–Crippen MR) is 45.6 cm³/mol. The van der Waals surface area contributed by atoms with Gasteiger partial charge in [-0.1, -0.05) is 0 Å². The molecule has 0 radical (unpaired) electrons. The molecule has 0 saturated heterocycles. The SMILES string of the molecule is Cc1ncc(CC(O)CN)s1. The molecule has 4 heteroatoms. The van der Waals surface area contributed by atoms with Gasteiger partial charge in [0.15, 0.2) is 0 Å². The van der Waals surface area contributed by atoms with Crippen molar-refractivity contribution < 1.29 is 5.11 Å². The van der Waals surface area contributed by atoms with Crippen LogP contribution in [0.1, 0.15) is 9.88 Å². The zero-order valence-electron chi connectivity index (χ0n) is 6.45. The molecular weight excluding hydrogens is 160 g/mol. The first kappa shape index (κ1) is 8.64. The van der Waals surface area contributed by atoms with E-state index in [1.807, 2.05) is 6.92 Å². The van der Waals surface area contributed by atoms with E-state index >= 15 is 0 Å². The molecule has 62 valence electrons. The first-order chi connectivity index (χ1) is 5.22. The molecule has 11 heavy (non-hydrogen) atoms. The predicted octanol–water partition coefficient (Wildman–Crippen LogP) is 0.314. The molecule has 0 fully saturated rings. The highest BCUT2D eigenvalue weighted by atomic mass is 32.1. The van der Waals surface area contributed by atoms with Crippen LogP contribution in [0.4, 0.5) is 0 Å². The Morgan fingerprint density at radius 3 is 3.00 bits per heavy atom. The number of aromatic nitrogens is 1. The minimum atomic E-state index is -0.421. The highest BCUT2D eigenvalue weighted by Crippen LogP contribution is 2.12. The van der Waals surface area contributed by atoms with Crippen molar-refractivity contribution in [3.8, 4) is 0 Å². The molecule has 3 N–H and O–H groups in total. The van der Waals surface area contributed by atoms with Gasteiger partial charge in [0.2, 0.25) is 0 Å². The van der Waals surface area contributed by atoms with Gasteiger partial charge in [0.25, 0.3) is 0 Å². The Morgan fingerprint density at radius 2 is 2.55 bits per heavy atom. The largest absolute Gasteiger partial charge is 0.391 e. The van der Waals surface area contributed by atoms with E-state index in [-0.39, 0.29) is 0 Å². The third kappa shape index (κ3) is 2.57. The van der Waals surface area contributed by atoms with E-state index in [2.05, 4.69) is 4.98 Å². The van der Waals surface area contributed by atoms with Crippen molar-refractivity contribution in [2.45, 2.75) is 19.4 Å². The Kier molecular flexibility index (Phi) is 2.99. The smallest absolute Gasteiger partial charge is 0.0896 e. The molecule has 0 aliphatic rings. The number of thiazole rings is 1. The van der Waals surface area contributed by atoms with Crippen LogP contribution in [0.25, 0.3) is 0 Å². The van der Waals surface area contributed by atoms with Crippen LogP contribution in [0.15, 0.2) is 6.20 Å². The zero-order valence-corrected chi connectivity index (χ0v) is 7.27. The van der Waals surface area contributed by atoms with Crippen LogP contribution in [-0.2, 0) is 6.42 Å². The normalized spacial score (nSPS) is 13.4. The minimum absolute atomic E-state index is 0.316. The number of aryl methyl sites for hydroxylation is 1. The molecule has 0 aliphatic heterocycles. The van der Waals surface area contributed by atoms with Crippen molar-refractivity contribution in [3.05, 3.63) is 16.1 Å². The third-order valence-corrected chi connectivity index (χ3v) is 2.31. The summed E-state index contributed by atoms with van der Waals surface area (Å²) in [5, 5.41) is 10.2. The summed E-state index contributed by atoms with van der Waals surface area (Å²) in [6.45, 7) is 2.26. The van der Waals surface area contributed by atoms with E-state index in [9.17, 15) is 5.11 Å². The van der Waals surface area contributed by atoms with Gasteiger partial charge in [-0.2, -0.15) is 0 Å². The van der Waals surface area contributed by atoms with Gasteiger partial charge >= 0.3 is 0 Å². The summed E-state index contributed by atoms with van der Waals surface area (Å²) in [6, 6.07) is 0. The van der Waals surface area contributed by atoms with Crippen LogP contribution >= 0.6 is 11.3 Å². The van der Waals surface area contributed by atoms with Gasteiger partial charge in [0.1, 0.15) is 0 Å². The summed E-state index contributed by atoms with van der Waals surface area (Å²) in [7, 11) is 0. The van der Waals surface area contributed by atoms with Crippen molar-refractivity contribution in [2.24, 2.45) is 5.73 Å². The second-order valence-corrected chi connectivity index (χ2v) is 3.76. The van der Waals surface area contributed by atoms with Gasteiger partial charge in [-0.15, -0.1) is 11.3 Å². The Balaban J connectivity index is 2.50. The molecule has 0 spiro atoms. The number of rotatable bonds is 3. The Hall–Kier alpha value is -0.450. The fourth-order valence-electron chi connectivity index (χ4n) is 0.815. The van der Waals surface area contributed by atoms with Gasteiger partial charge < -0.3 is 10.8 Å². The number of nitrogens with two attached hydrogens (primary N) is 1. The van der Waals surface area contributed by atoms with Crippen molar-refractivity contribution in [2.75, 3.05) is 6.54 Å². The molecule has 0 aliphatic carbocycles. The standard InChI is InChI=1S/C7H12N2OS/c1-5-9-4-7(11-5)2-6(10)3-8/h4,6,10H,2-3,8H2,1H3. The lowest BCUT2D eigenvalue weighted by Crippen LogP contribution is -2.21. The number of aliphatic hydroxyl groups excluding tert-OH is 1. The quantitative estimate of drug-likeness (QED) is 0.690. The van der Waals surface area contributed by atoms with Gasteiger partial charge in [-0.25, -0.2) is 4.98 Å². The van der Waals surface area contributed by atoms with Crippen LogP contribution in [0.2, 0.25) is 0 Å². The lowest BCUT2D eigenvalue weighted by molar-refractivity contribution is 0.184. The van der Waals surface area contributed by atoms with E-state index in [1.54, 1.807) is 17.5 Å². The molecule has 1 aromatic heterocycles. The van der Waals surface area contributed by atoms with Crippen molar-refractivity contribution in [1.29, 1.82) is 0 Å². The summed E-state index contributed by atoms with van der Waals surface area (Å²) < 4.78 is 0. The zero-order chi connectivity index (χ0) is 8.27. The van der Waals surface area contributed by atoms with Gasteiger partial charge in [0.05, 0.1) is 11.1 Å². The van der Waals surface area contributed by atoms with Gasteiger partial charge in [-0.05, 0) is 6.92 Å². The minimum Gasteiger partial charge on any atom is -0.391 e. The first-order valence-corrected chi connectivity index (χ1v) is 4.33. The van der Waals surface area contributed by atoms with E-state index < -0.39 is 6.10 Å². The molecular formula is C7H12N2OS. The molecule has 0 saturated carbocycles. The maximum absolute atomic E-state index is 9.17. The highest BCUT2D eigenvalue weighted by molar-refractivity contribution is 7.11. The molecule has 1 heterocycles. The number of hydrogen-bond acceptors (Lipinski definition) is 4. The Bertz CT molecular complexity index is 224. The lowest BCUT2D eigenvalue weighted by atomic mass is 10.2. The average molecular weight is 172 g/mol. The first-order valence-electron chi connectivity index (χ1n) is 3.52. The maximum atomic E-state index is 9.17. The van der Waals surface area contributed by atoms with E-state index in [4.69, 9.17) is 5.73 Å². The number of aliphatic hydroxyl groups is 1. The van der Waals surface area contributed by atoms with E-state index in [0.717, 1.165) is 9.88 Å². The molecule has 1 unspecified atom stereocenters. The van der Waals surface area contributed by atoms with Crippen LogP contribution < -0.4 is 5.73 Å². The van der Waals surface area contributed by atoms with Crippen molar-refractivity contribution in [3.63, 3.8) is 0 Å². The third-order valence-electron chi connectivity index (χ3n) is 1.38. The molecule has 0 aromatic carbocycles. The van der Waals surface area contributed by atoms with Gasteiger partial charge in [-0.3, -0.25) is 0 Å². The Morgan fingerprint density at radius 1 is 1.82 bits per heavy atom. The summed E-state index contributed by atoms with van der Waals surface area (Å²) >= 11 is 1.60. The fraction of sp³-hybridized carbons (Fsp3) is 0.571. The second-order valence-electron chi connectivity index (χ2n) is 2.44. The lowest BCUT2D eigenvalue weighted by Gasteiger charge is -2.03. The second kappa shape index (κ2) is 3.80. The van der Waals surface area contributed by atoms with E-state index in [0.29, 0.717) is 13.0 Å². The summed E-state index contributed by atoms with van der Waals surface area (Å²) in [5.41, 5.74) is 5.26. The molecule has 1 atom stereocenters. The summed E-state index contributed by atoms with van der Waals surface area (Å²) in [6.07, 6.45) is 2.00. The topological polar surface area (TPSA) is 59.1 Å². The van der Waals surface area contributed by atoms with Gasteiger partial charge in [0, 0.05) is 24.0 Å². The van der Waals surface area contributed by atoms with Crippen LogP contribution in [0, 0.1) is 6.92 Å². The van der Waals surface area contributed by atoms with Crippen molar-refractivity contribution >= 4 is 11.3 Å². The van der Waals surface area contributed by atoms with E-state index in [1.165, 1.54) is 0 Å². The highest BCUT2D eigenvalue weighted by Gasteiger charge is 2.04. The molecule has 1 rings (SSSR count). The molecule has 0 bridgehead atoms. The fourth-order valence-corrected chi connectivity index (χ4v) is 1.68. The number of nitrogens with zero attached hydrogens (tertiary/aromatic N) is 1. The number of hydrogen-bond donors (Lipinski definition) is 2. The average Bonchev–Trinajstić information content (AvgIpc) is 2.35.